The molecule has 0 aromatic heterocycles. The van der Waals surface area contributed by atoms with Crippen LogP contribution in [-0.2, 0) is 11.2 Å². The lowest BCUT2D eigenvalue weighted by Gasteiger charge is -2.34. The minimum absolute atomic E-state index is 0.0126. The normalized spacial score (nSPS) is 17.5. The molecule has 1 saturated carbocycles. The highest BCUT2D eigenvalue weighted by atomic mass is 16.5. The van der Waals surface area contributed by atoms with E-state index < -0.39 is 0 Å². The van der Waals surface area contributed by atoms with Crippen LogP contribution in [0.1, 0.15) is 24.8 Å². The number of ether oxygens (including phenoxy) is 1. The molecular formula is C18H25N3O3. The number of amides is 3. The first-order valence-corrected chi connectivity index (χ1v) is 8.62. The van der Waals surface area contributed by atoms with Crippen LogP contribution in [0.5, 0.6) is 5.75 Å². The largest absolute Gasteiger partial charge is 0.496 e. The van der Waals surface area contributed by atoms with Crippen molar-refractivity contribution < 1.29 is 14.3 Å². The number of rotatable bonds is 5. The maximum absolute atomic E-state index is 12.4. The Bertz CT molecular complexity index is 593. The smallest absolute Gasteiger partial charge is 0.317 e. The average molecular weight is 331 g/mol. The maximum Gasteiger partial charge on any atom is 0.317 e. The van der Waals surface area contributed by atoms with Crippen molar-refractivity contribution >= 4 is 11.9 Å². The van der Waals surface area contributed by atoms with E-state index in [-0.39, 0.29) is 11.9 Å². The minimum atomic E-state index is 0.0126. The first kappa shape index (κ1) is 16.6. The zero-order valence-electron chi connectivity index (χ0n) is 14.2. The molecule has 6 heteroatoms. The first-order valence-electron chi connectivity index (χ1n) is 8.62. The molecule has 0 bridgehead atoms. The van der Waals surface area contributed by atoms with Crippen LogP contribution < -0.4 is 10.1 Å². The number of carbonyl (C=O) groups is 2. The first-order chi connectivity index (χ1) is 11.7. The van der Waals surface area contributed by atoms with E-state index >= 15 is 0 Å². The summed E-state index contributed by atoms with van der Waals surface area (Å²) in [6.07, 6.45) is 3.32. The van der Waals surface area contributed by atoms with Crippen LogP contribution in [0.15, 0.2) is 24.3 Å². The second-order valence-electron chi connectivity index (χ2n) is 6.40. The van der Waals surface area contributed by atoms with Crippen molar-refractivity contribution in [3.63, 3.8) is 0 Å². The lowest BCUT2D eigenvalue weighted by atomic mass is 10.1. The van der Waals surface area contributed by atoms with Gasteiger partial charge in [-0.25, -0.2) is 4.79 Å². The summed E-state index contributed by atoms with van der Waals surface area (Å²) < 4.78 is 5.32. The molecule has 2 fully saturated rings. The molecule has 0 radical (unpaired) electrons. The molecule has 1 aliphatic carbocycles. The number of nitrogens with one attached hydrogen (secondary N) is 1. The van der Waals surface area contributed by atoms with Crippen LogP contribution in [0.4, 0.5) is 4.79 Å². The summed E-state index contributed by atoms with van der Waals surface area (Å²) in [7, 11) is 1.65. The molecule has 1 heterocycles. The third-order valence-corrected chi connectivity index (χ3v) is 4.63. The monoisotopic (exact) mass is 331 g/mol. The number of hydrogen-bond acceptors (Lipinski definition) is 3. The fourth-order valence-corrected chi connectivity index (χ4v) is 2.96. The van der Waals surface area contributed by atoms with Gasteiger partial charge >= 0.3 is 6.03 Å². The van der Waals surface area contributed by atoms with E-state index in [0.717, 1.165) is 24.2 Å². The third kappa shape index (κ3) is 4.19. The molecule has 24 heavy (non-hydrogen) atoms. The van der Waals surface area contributed by atoms with Gasteiger partial charge in [0.25, 0.3) is 0 Å². The quantitative estimate of drug-likeness (QED) is 0.892. The zero-order valence-corrected chi connectivity index (χ0v) is 14.2. The van der Waals surface area contributed by atoms with Gasteiger partial charge in [0, 0.05) is 38.6 Å². The van der Waals surface area contributed by atoms with Gasteiger partial charge in [0.2, 0.25) is 5.91 Å². The fraction of sp³-hybridized carbons (Fsp3) is 0.556. The van der Waals surface area contributed by atoms with Crippen molar-refractivity contribution in [2.75, 3.05) is 33.3 Å². The van der Waals surface area contributed by atoms with Crippen LogP contribution in [0.3, 0.4) is 0 Å². The molecule has 2 aliphatic rings. The summed E-state index contributed by atoms with van der Waals surface area (Å²) in [5.74, 6) is 0.968. The van der Waals surface area contributed by atoms with Crippen molar-refractivity contribution in [1.29, 1.82) is 0 Å². The molecule has 0 unspecified atom stereocenters. The second kappa shape index (κ2) is 7.55. The summed E-state index contributed by atoms with van der Waals surface area (Å²) in [5, 5.41) is 3.00. The summed E-state index contributed by atoms with van der Waals surface area (Å²) in [6.45, 7) is 2.45. The van der Waals surface area contributed by atoms with Crippen molar-refractivity contribution in [1.82, 2.24) is 15.1 Å². The van der Waals surface area contributed by atoms with Gasteiger partial charge in [-0.05, 0) is 30.9 Å². The second-order valence-corrected chi connectivity index (χ2v) is 6.40. The van der Waals surface area contributed by atoms with Gasteiger partial charge in [-0.15, -0.1) is 0 Å². The molecule has 1 aromatic carbocycles. The van der Waals surface area contributed by atoms with Gasteiger partial charge in [0.1, 0.15) is 5.75 Å². The minimum Gasteiger partial charge on any atom is -0.496 e. The van der Waals surface area contributed by atoms with Gasteiger partial charge in [0.15, 0.2) is 0 Å². The van der Waals surface area contributed by atoms with E-state index in [1.54, 1.807) is 7.11 Å². The predicted octanol–water partition coefficient (Wildman–Crippen LogP) is 1.64. The average Bonchev–Trinajstić information content (AvgIpc) is 3.44. The number of methoxy groups -OCH3 is 1. The number of nitrogens with zero attached hydrogens (tertiary/aromatic N) is 2. The number of para-hydroxylation sites is 1. The predicted molar refractivity (Wildman–Crippen MR) is 91.0 cm³/mol. The summed E-state index contributed by atoms with van der Waals surface area (Å²) in [5.41, 5.74) is 1.05. The molecule has 3 amide bonds. The van der Waals surface area contributed by atoms with Crippen molar-refractivity contribution in [3.8, 4) is 5.75 Å². The number of piperazine rings is 1. The van der Waals surface area contributed by atoms with Crippen LogP contribution >= 0.6 is 0 Å². The fourth-order valence-electron chi connectivity index (χ4n) is 2.96. The van der Waals surface area contributed by atoms with Crippen LogP contribution in [-0.4, -0.2) is 61.1 Å². The van der Waals surface area contributed by atoms with Crippen LogP contribution in [0, 0.1) is 0 Å². The van der Waals surface area contributed by atoms with Gasteiger partial charge in [-0.2, -0.15) is 0 Å². The molecule has 1 N–H and O–H groups in total. The lowest BCUT2D eigenvalue weighted by Crippen LogP contribution is -2.53. The Balaban J connectivity index is 1.44. The van der Waals surface area contributed by atoms with Crippen molar-refractivity contribution in [3.05, 3.63) is 29.8 Å². The van der Waals surface area contributed by atoms with E-state index in [1.165, 1.54) is 0 Å². The molecule has 130 valence electrons. The Morgan fingerprint density at radius 3 is 2.46 bits per heavy atom. The highest BCUT2D eigenvalue weighted by Crippen LogP contribution is 2.20. The maximum atomic E-state index is 12.4. The Morgan fingerprint density at radius 2 is 1.79 bits per heavy atom. The topological polar surface area (TPSA) is 61.9 Å². The van der Waals surface area contributed by atoms with Gasteiger partial charge in [0.05, 0.1) is 7.11 Å². The van der Waals surface area contributed by atoms with Gasteiger partial charge < -0.3 is 19.9 Å². The number of hydrogen-bond donors (Lipinski definition) is 1. The SMILES string of the molecule is COc1ccccc1CCC(=O)N1CCN(C(=O)NC2CC2)CC1. The molecule has 0 spiro atoms. The Hall–Kier alpha value is -2.24. The molecular weight excluding hydrogens is 306 g/mol. The Morgan fingerprint density at radius 1 is 1.12 bits per heavy atom. The van der Waals surface area contributed by atoms with E-state index in [2.05, 4.69) is 5.32 Å². The van der Waals surface area contributed by atoms with E-state index in [1.807, 2.05) is 34.1 Å². The number of urea groups is 1. The number of aryl methyl sites for hydroxylation is 1. The third-order valence-electron chi connectivity index (χ3n) is 4.63. The van der Waals surface area contributed by atoms with Crippen molar-refractivity contribution in [2.45, 2.75) is 31.7 Å². The molecule has 6 nitrogen and oxygen atoms in total. The van der Waals surface area contributed by atoms with Gasteiger partial charge in [-0.1, -0.05) is 18.2 Å². The van der Waals surface area contributed by atoms with Crippen LogP contribution in [0.2, 0.25) is 0 Å². The molecule has 1 aromatic rings. The van der Waals surface area contributed by atoms with Gasteiger partial charge in [-0.3, -0.25) is 4.79 Å². The molecule has 1 saturated heterocycles. The summed E-state index contributed by atoms with van der Waals surface area (Å²) in [4.78, 5) is 28.1. The molecule has 1 aliphatic heterocycles. The summed E-state index contributed by atoms with van der Waals surface area (Å²) >= 11 is 0. The number of carbonyl (C=O) groups excluding carboxylic acids is 2. The van der Waals surface area contributed by atoms with E-state index in [0.29, 0.717) is 45.1 Å². The number of benzene rings is 1. The standard InChI is InChI=1S/C18H25N3O3/c1-24-16-5-3-2-4-14(16)6-9-17(22)20-10-12-21(13-11-20)18(23)19-15-7-8-15/h2-5,15H,6-13H2,1H3,(H,19,23). The summed E-state index contributed by atoms with van der Waals surface area (Å²) in [6, 6.07) is 8.18. The Labute approximate surface area is 142 Å². The molecule has 0 atom stereocenters. The van der Waals surface area contributed by atoms with Crippen LogP contribution in [0.25, 0.3) is 0 Å². The zero-order chi connectivity index (χ0) is 16.9. The Kier molecular flexibility index (Phi) is 5.23. The highest BCUT2D eigenvalue weighted by Gasteiger charge is 2.28. The van der Waals surface area contributed by atoms with Crippen molar-refractivity contribution in [2.24, 2.45) is 0 Å². The highest BCUT2D eigenvalue weighted by molar-refractivity contribution is 5.78. The lowest BCUT2D eigenvalue weighted by molar-refractivity contribution is -0.132. The van der Waals surface area contributed by atoms with E-state index in [9.17, 15) is 9.59 Å². The molecule has 3 rings (SSSR count). The van der Waals surface area contributed by atoms with E-state index in [4.69, 9.17) is 4.74 Å².